The van der Waals surface area contributed by atoms with E-state index in [-0.39, 0.29) is 5.91 Å². The third-order valence-corrected chi connectivity index (χ3v) is 5.16. The summed E-state index contributed by atoms with van der Waals surface area (Å²) in [6.07, 6.45) is 7.28. The Morgan fingerprint density at radius 2 is 1.84 bits per heavy atom. The van der Waals surface area contributed by atoms with E-state index in [1.165, 1.54) is 5.56 Å². The van der Waals surface area contributed by atoms with Crippen molar-refractivity contribution in [1.29, 1.82) is 0 Å². The number of nitrogens with one attached hydrogen (secondary N) is 1. The summed E-state index contributed by atoms with van der Waals surface area (Å²) in [4.78, 5) is 12.7. The van der Waals surface area contributed by atoms with Crippen LogP contribution in [-0.2, 0) is 19.7 Å². The molecule has 164 valence electrons. The first-order valence-electron chi connectivity index (χ1n) is 10.6. The summed E-state index contributed by atoms with van der Waals surface area (Å²) in [7, 11) is 0. The summed E-state index contributed by atoms with van der Waals surface area (Å²) in [6, 6.07) is 13.6. The van der Waals surface area contributed by atoms with Gasteiger partial charge in [-0.1, -0.05) is 29.8 Å². The summed E-state index contributed by atoms with van der Waals surface area (Å²) >= 11 is 0. The van der Waals surface area contributed by atoms with Crippen molar-refractivity contribution < 1.29 is 9.53 Å². The Kier molecular flexibility index (Phi) is 6.35. The number of anilines is 1. The smallest absolute Gasteiger partial charge is 0.255 e. The summed E-state index contributed by atoms with van der Waals surface area (Å²) in [5, 5.41) is 11.5. The number of carbonyl (C=O) groups excluding carboxylic acids is 1. The average molecular weight is 430 g/mol. The Hall–Kier alpha value is -3.87. The number of benzene rings is 2. The predicted octanol–water partition coefficient (Wildman–Crippen LogP) is 4.60. The zero-order valence-corrected chi connectivity index (χ0v) is 18.6. The van der Waals surface area contributed by atoms with Gasteiger partial charge in [-0.2, -0.15) is 10.2 Å². The van der Waals surface area contributed by atoms with Crippen molar-refractivity contribution in [1.82, 2.24) is 19.6 Å². The minimum absolute atomic E-state index is 0.184. The fourth-order valence-corrected chi connectivity index (χ4v) is 3.49. The fraction of sp³-hybridized carbons (Fsp3) is 0.240. The largest absolute Gasteiger partial charge is 0.489 e. The summed E-state index contributed by atoms with van der Waals surface area (Å²) in [5.41, 5.74) is 5.51. The molecule has 32 heavy (non-hydrogen) atoms. The first kappa shape index (κ1) is 21.4. The molecule has 0 bridgehead atoms. The molecule has 2 aromatic heterocycles. The first-order valence-corrected chi connectivity index (χ1v) is 10.6. The number of nitrogens with zero attached hydrogens (tertiary/aromatic N) is 4. The van der Waals surface area contributed by atoms with Crippen LogP contribution in [-0.4, -0.2) is 25.5 Å². The second-order valence-corrected chi connectivity index (χ2v) is 7.84. The van der Waals surface area contributed by atoms with Crippen LogP contribution >= 0.6 is 0 Å². The van der Waals surface area contributed by atoms with E-state index < -0.39 is 0 Å². The molecule has 0 unspecified atom stereocenters. The van der Waals surface area contributed by atoms with Gasteiger partial charge in [-0.3, -0.25) is 14.2 Å². The maximum Gasteiger partial charge on any atom is 0.255 e. The van der Waals surface area contributed by atoms with E-state index in [1.807, 2.05) is 67.5 Å². The zero-order valence-electron chi connectivity index (χ0n) is 18.6. The van der Waals surface area contributed by atoms with Crippen molar-refractivity contribution in [3.63, 3.8) is 0 Å². The van der Waals surface area contributed by atoms with Crippen LogP contribution in [0.1, 0.15) is 39.5 Å². The number of rotatable bonds is 8. The molecule has 0 saturated carbocycles. The van der Waals surface area contributed by atoms with Gasteiger partial charge in [-0.15, -0.1) is 0 Å². The van der Waals surface area contributed by atoms with Crippen molar-refractivity contribution in [3.05, 3.63) is 95.1 Å². The highest BCUT2D eigenvalue weighted by atomic mass is 16.5. The minimum atomic E-state index is -0.184. The lowest BCUT2D eigenvalue weighted by Crippen LogP contribution is -2.12. The quantitative estimate of drug-likeness (QED) is 0.444. The van der Waals surface area contributed by atoms with E-state index in [4.69, 9.17) is 4.74 Å². The molecule has 0 fully saturated rings. The first-order chi connectivity index (χ1) is 15.5. The molecule has 2 heterocycles. The zero-order chi connectivity index (χ0) is 22.5. The molecule has 0 aliphatic carbocycles. The molecule has 7 nitrogen and oxygen atoms in total. The van der Waals surface area contributed by atoms with Crippen molar-refractivity contribution in [2.75, 3.05) is 5.32 Å². The normalized spacial score (nSPS) is 10.8. The Balaban J connectivity index is 1.37. The molecule has 7 heteroatoms. The highest BCUT2D eigenvalue weighted by Gasteiger charge is 2.10. The van der Waals surface area contributed by atoms with E-state index in [0.717, 1.165) is 29.0 Å². The van der Waals surface area contributed by atoms with Crippen LogP contribution in [0.4, 0.5) is 5.69 Å². The molecule has 4 rings (SSSR count). The Bertz CT molecular complexity index is 1220. The van der Waals surface area contributed by atoms with E-state index in [2.05, 4.69) is 28.5 Å². The van der Waals surface area contributed by atoms with Crippen LogP contribution in [0.25, 0.3) is 0 Å². The van der Waals surface area contributed by atoms with Crippen LogP contribution in [0.15, 0.2) is 67.3 Å². The van der Waals surface area contributed by atoms with Crippen LogP contribution in [0.5, 0.6) is 5.75 Å². The topological polar surface area (TPSA) is 74.0 Å². The number of amides is 1. The summed E-state index contributed by atoms with van der Waals surface area (Å²) < 4.78 is 9.60. The highest BCUT2D eigenvalue weighted by Crippen LogP contribution is 2.20. The summed E-state index contributed by atoms with van der Waals surface area (Å²) in [6.45, 7) is 7.96. The molecule has 1 N–H and O–H groups in total. The third kappa shape index (κ3) is 5.24. The SMILES string of the molecule is CCn1cc(Cn2cc(NC(=O)c3cccc(COc4ccc(C)cc4C)c3)cn2)cn1. The van der Waals surface area contributed by atoms with Gasteiger partial charge >= 0.3 is 0 Å². The second-order valence-electron chi connectivity index (χ2n) is 7.84. The molecule has 2 aromatic carbocycles. The van der Waals surface area contributed by atoms with Crippen molar-refractivity contribution in [3.8, 4) is 5.75 Å². The summed E-state index contributed by atoms with van der Waals surface area (Å²) in [5.74, 6) is 0.666. The van der Waals surface area contributed by atoms with E-state index in [9.17, 15) is 4.79 Å². The Morgan fingerprint density at radius 3 is 2.62 bits per heavy atom. The highest BCUT2D eigenvalue weighted by molar-refractivity contribution is 6.04. The lowest BCUT2D eigenvalue weighted by atomic mass is 10.1. The standard InChI is InChI=1S/C25H27N5O2/c1-4-29-14-21(12-26-29)15-30-16-23(13-27-30)28-25(31)22-7-5-6-20(11-22)17-32-24-9-8-18(2)10-19(24)3/h5-14,16H,4,15,17H2,1-3H3,(H,28,31). The van der Waals surface area contributed by atoms with Gasteiger partial charge in [0.1, 0.15) is 12.4 Å². The van der Waals surface area contributed by atoms with Gasteiger partial charge in [-0.25, -0.2) is 0 Å². The van der Waals surface area contributed by atoms with Crippen LogP contribution in [0, 0.1) is 13.8 Å². The third-order valence-electron chi connectivity index (χ3n) is 5.16. The molecule has 0 spiro atoms. The molecular formula is C25H27N5O2. The van der Waals surface area contributed by atoms with Gasteiger partial charge in [-0.05, 0) is 50.1 Å². The lowest BCUT2D eigenvalue weighted by molar-refractivity contribution is 0.102. The van der Waals surface area contributed by atoms with Gasteiger partial charge in [0.25, 0.3) is 5.91 Å². The van der Waals surface area contributed by atoms with Crippen molar-refractivity contribution in [2.24, 2.45) is 0 Å². The number of hydrogen-bond acceptors (Lipinski definition) is 4. The maximum absolute atomic E-state index is 12.7. The van der Waals surface area contributed by atoms with Gasteiger partial charge in [0, 0.05) is 30.1 Å². The van der Waals surface area contributed by atoms with Crippen molar-refractivity contribution >= 4 is 11.6 Å². The average Bonchev–Trinajstić information content (AvgIpc) is 3.43. The van der Waals surface area contributed by atoms with E-state index in [1.54, 1.807) is 16.9 Å². The van der Waals surface area contributed by atoms with Gasteiger partial charge in [0.2, 0.25) is 0 Å². The minimum Gasteiger partial charge on any atom is -0.489 e. The second kappa shape index (κ2) is 9.51. The lowest BCUT2D eigenvalue weighted by Gasteiger charge is -2.11. The van der Waals surface area contributed by atoms with Crippen LogP contribution < -0.4 is 10.1 Å². The van der Waals surface area contributed by atoms with Crippen LogP contribution in [0.3, 0.4) is 0 Å². The van der Waals surface area contributed by atoms with Crippen molar-refractivity contribution in [2.45, 2.75) is 40.5 Å². The maximum atomic E-state index is 12.7. The molecule has 0 radical (unpaired) electrons. The van der Waals surface area contributed by atoms with Gasteiger partial charge in [0.05, 0.1) is 24.6 Å². The fourth-order valence-electron chi connectivity index (χ4n) is 3.49. The molecular weight excluding hydrogens is 402 g/mol. The number of aromatic nitrogens is 4. The molecule has 0 aliphatic heterocycles. The monoisotopic (exact) mass is 429 g/mol. The predicted molar refractivity (Wildman–Crippen MR) is 124 cm³/mol. The molecule has 0 atom stereocenters. The van der Waals surface area contributed by atoms with Gasteiger partial charge in [0.15, 0.2) is 0 Å². The molecule has 4 aromatic rings. The number of ether oxygens (including phenoxy) is 1. The van der Waals surface area contributed by atoms with Crippen LogP contribution in [0.2, 0.25) is 0 Å². The molecule has 0 aliphatic rings. The number of carbonyl (C=O) groups is 1. The molecule has 0 saturated heterocycles. The number of hydrogen-bond donors (Lipinski definition) is 1. The van der Waals surface area contributed by atoms with Gasteiger partial charge < -0.3 is 10.1 Å². The van der Waals surface area contributed by atoms with E-state index in [0.29, 0.717) is 24.4 Å². The Labute approximate surface area is 187 Å². The Morgan fingerprint density at radius 1 is 1.00 bits per heavy atom. The number of aryl methyl sites for hydroxylation is 3. The molecule has 1 amide bonds. The van der Waals surface area contributed by atoms with E-state index >= 15 is 0 Å².